The lowest BCUT2D eigenvalue weighted by molar-refractivity contribution is -0.0684. The lowest BCUT2D eigenvalue weighted by Crippen LogP contribution is -2.48. The third-order valence-electron chi connectivity index (χ3n) is 5.06. The van der Waals surface area contributed by atoms with Crippen LogP contribution in [-0.4, -0.2) is 74.9 Å². The Hall–Kier alpha value is -1.79. The first-order valence-electron chi connectivity index (χ1n) is 9.16. The van der Waals surface area contributed by atoms with Gasteiger partial charge in [-0.3, -0.25) is 4.90 Å². The maximum absolute atomic E-state index is 12.5. The number of carbonyl (C=O) groups excluding carboxylic acids is 1. The van der Waals surface area contributed by atoms with E-state index in [9.17, 15) is 4.79 Å². The Morgan fingerprint density at radius 1 is 1.32 bits per heavy atom. The second kappa shape index (κ2) is 7.62. The van der Waals surface area contributed by atoms with Crippen molar-refractivity contribution < 1.29 is 9.53 Å². The minimum Gasteiger partial charge on any atom is -0.374 e. The second-order valence-corrected chi connectivity index (χ2v) is 7.38. The van der Waals surface area contributed by atoms with Crippen LogP contribution in [0, 0.1) is 0 Å². The largest absolute Gasteiger partial charge is 0.374 e. The molecular weight excluding hydrogens is 316 g/mol. The molecule has 0 aromatic heterocycles. The van der Waals surface area contributed by atoms with Crippen molar-refractivity contribution in [1.82, 2.24) is 9.80 Å². The van der Waals surface area contributed by atoms with Crippen molar-refractivity contribution in [2.24, 2.45) is 0 Å². The summed E-state index contributed by atoms with van der Waals surface area (Å²) < 4.78 is 5.76. The van der Waals surface area contributed by atoms with Crippen LogP contribution in [0.4, 0.5) is 16.2 Å². The molecule has 25 heavy (non-hydrogen) atoms. The summed E-state index contributed by atoms with van der Waals surface area (Å²) in [5.74, 6) is 0. The number of anilines is 2. The molecule has 0 radical (unpaired) electrons. The molecule has 0 bridgehead atoms. The molecule has 0 aliphatic carbocycles. The number of carbonyl (C=O) groups is 1. The van der Waals surface area contributed by atoms with Gasteiger partial charge in [-0.15, -0.1) is 0 Å². The van der Waals surface area contributed by atoms with Crippen molar-refractivity contribution in [1.29, 1.82) is 0 Å². The fraction of sp³-hybridized carbons (Fsp3) is 0.632. The summed E-state index contributed by atoms with van der Waals surface area (Å²) in [5, 5.41) is 3.01. The van der Waals surface area contributed by atoms with Crippen LogP contribution >= 0.6 is 0 Å². The summed E-state index contributed by atoms with van der Waals surface area (Å²) in [4.78, 5) is 18.8. The van der Waals surface area contributed by atoms with E-state index >= 15 is 0 Å². The molecule has 6 heteroatoms. The molecule has 1 fully saturated rings. The molecule has 2 atom stereocenters. The van der Waals surface area contributed by atoms with Crippen LogP contribution in [-0.2, 0) is 11.2 Å². The van der Waals surface area contributed by atoms with Crippen LogP contribution in [0.1, 0.15) is 19.4 Å². The summed E-state index contributed by atoms with van der Waals surface area (Å²) in [6, 6.07) is 6.12. The Bertz CT molecular complexity index is 611. The molecular formula is C19H30N4O2. The van der Waals surface area contributed by atoms with E-state index in [1.165, 1.54) is 11.3 Å². The van der Waals surface area contributed by atoms with Gasteiger partial charge in [0, 0.05) is 58.2 Å². The quantitative estimate of drug-likeness (QED) is 0.908. The predicted octanol–water partition coefficient (Wildman–Crippen LogP) is 2.25. The van der Waals surface area contributed by atoms with E-state index in [0.29, 0.717) is 6.54 Å². The van der Waals surface area contributed by atoms with Gasteiger partial charge in [0.1, 0.15) is 0 Å². The van der Waals surface area contributed by atoms with Gasteiger partial charge < -0.3 is 19.9 Å². The summed E-state index contributed by atoms with van der Waals surface area (Å²) >= 11 is 0. The van der Waals surface area contributed by atoms with E-state index in [0.717, 1.165) is 38.3 Å². The van der Waals surface area contributed by atoms with Crippen molar-refractivity contribution in [3.05, 3.63) is 23.8 Å². The van der Waals surface area contributed by atoms with Crippen LogP contribution in [0.5, 0.6) is 0 Å². The summed E-state index contributed by atoms with van der Waals surface area (Å²) in [6.45, 7) is 8.68. The van der Waals surface area contributed by atoms with Crippen LogP contribution in [0.2, 0.25) is 0 Å². The lowest BCUT2D eigenvalue weighted by atomic mass is 10.1. The molecule has 0 unspecified atom stereocenters. The molecule has 1 aromatic carbocycles. The molecule has 1 N–H and O–H groups in total. The summed E-state index contributed by atoms with van der Waals surface area (Å²) in [5.41, 5.74) is 3.43. The SMILES string of the molecule is C[C@@H]1CN(CCN(C)C(=O)Nc2ccc3c(c2)N(C)CC3)C[C@H](C)O1. The number of hydrogen-bond acceptors (Lipinski definition) is 4. The topological polar surface area (TPSA) is 48.0 Å². The first-order valence-corrected chi connectivity index (χ1v) is 9.16. The van der Waals surface area contributed by atoms with E-state index in [-0.39, 0.29) is 18.2 Å². The number of likely N-dealkylation sites (N-methyl/N-ethyl adjacent to an activating group) is 2. The van der Waals surface area contributed by atoms with Gasteiger partial charge in [0.05, 0.1) is 12.2 Å². The van der Waals surface area contributed by atoms with Crippen molar-refractivity contribution in [3.63, 3.8) is 0 Å². The van der Waals surface area contributed by atoms with Crippen LogP contribution in [0.3, 0.4) is 0 Å². The van der Waals surface area contributed by atoms with E-state index in [1.54, 1.807) is 4.90 Å². The number of amides is 2. The number of urea groups is 1. The highest BCUT2D eigenvalue weighted by Crippen LogP contribution is 2.29. The molecule has 2 aliphatic rings. The number of nitrogens with one attached hydrogen (secondary N) is 1. The van der Waals surface area contributed by atoms with Crippen molar-refractivity contribution in [2.75, 3.05) is 57.0 Å². The molecule has 138 valence electrons. The summed E-state index contributed by atoms with van der Waals surface area (Å²) in [6.07, 6.45) is 1.59. The molecule has 0 spiro atoms. The third-order valence-corrected chi connectivity index (χ3v) is 5.06. The Morgan fingerprint density at radius 2 is 2.04 bits per heavy atom. The van der Waals surface area contributed by atoms with Gasteiger partial charge in [0.2, 0.25) is 0 Å². The zero-order valence-electron chi connectivity index (χ0n) is 15.8. The van der Waals surface area contributed by atoms with Crippen LogP contribution < -0.4 is 10.2 Å². The highest BCUT2D eigenvalue weighted by molar-refractivity contribution is 5.90. The number of nitrogens with zero attached hydrogens (tertiary/aromatic N) is 3. The normalized spacial score (nSPS) is 23.4. The highest BCUT2D eigenvalue weighted by atomic mass is 16.5. The fourth-order valence-corrected chi connectivity index (χ4v) is 3.70. The van der Waals surface area contributed by atoms with E-state index in [2.05, 4.69) is 48.1 Å². The zero-order chi connectivity index (χ0) is 18.0. The number of rotatable bonds is 4. The standard InChI is InChI=1S/C19H30N4O2/c1-14-12-23(13-15(2)25-14)10-9-22(4)19(24)20-17-6-5-16-7-8-21(3)18(16)11-17/h5-6,11,14-15H,7-10,12-13H2,1-4H3,(H,20,24)/t14-,15+. The predicted molar refractivity (Wildman–Crippen MR) is 102 cm³/mol. The van der Waals surface area contributed by atoms with Gasteiger partial charge in [0.25, 0.3) is 0 Å². The maximum Gasteiger partial charge on any atom is 0.321 e. The van der Waals surface area contributed by atoms with E-state index in [4.69, 9.17) is 4.74 Å². The molecule has 2 aliphatic heterocycles. The molecule has 2 amide bonds. The van der Waals surface area contributed by atoms with Crippen molar-refractivity contribution in [3.8, 4) is 0 Å². The summed E-state index contributed by atoms with van der Waals surface area (Å²) in [7, 11) is 3.94. The average molecular weight is 346 g/mol. The molecule has 0 saturated carbocycles. The molecule has 3 rings (SSSR count). The molecule has 6 nitrogen and oxygen atoms in total. The first kappa shape index (κ1) is 18.0. The van der Waals surface area contributed by atoms with Gasteiger partial charge in [-0.2, -0.15) is 0 Å². The van der Waals surface area contributed by atoms with Gasteiger partial charge in [-0.25, -0.2) is 4.79 Å². The van der Waals surface area contributed by atoms with Crippen LogP contribution in [0.25, 0.3) is 0 Å². The zero-order valence-corrected chi connectivity index (χ0v) is 15.8. The van der Waals surface area contributed by atoms with Gasteiger partial charge in [0.15, 0.2) is 0 Å². The Labute approximate surface area is 150 Å². The Morgan fingerprint density at radius 3 is 2.76 bits per heavy atom. The molecule has 1 saturated heterocycles. The first-order chi connectivity index (χ1) is 11.9. The number of hydrogen-bond donors (Lipinski definition) is 1. The average Bonchev–Trinajstić information content (AvgIpc) is 2.92. The van der Waals surface area contributed by atoms with Crippen molar-refractivity contribution in [2.45, 2.75) is 32.5 Å². The second-order valence-electron chi connectivity index (χ2n) is 7.38. The van der Waals surface area contributed by atoms with Gasteiger partial charge in [-0.05, 0) is 38.0 Å². The number of morpholine rings is 1. The minimum atomic E-state index is -0.0602. The number of ether oxygens (including phenoxy) is 1. The minimum absolute atomic E-state index is 0.0602. The number of benzene rings is 1. The molecule has 2 heterocycles. The van der Waals surface area contributed by atoms with Crippen molar-refractivity contribution >= 4 is 17.4 Å². The Balaban J connectivity index is 1.50. The van der Waals surface area contributed by atoms with E-state index in [1.807, 2.05) is 13.1 Å². The lowest BCUT2D eigenvalue weighted by Gasteiger charge is -2.36. The highest BCUT2D eigenvalue weighted by Gasteiger charge is 2.22. The Kier molecular flexibility index (Phi) is 5.49. The monoisotopic (exact) mass is 346 g/mol. The van der Waals surface area contributed by atoms with Crippen LogP contribution in [0.15, 0.2) is 18.2 Å². The van der Waals surface area contributed by atoms with E-state index < -0.39 is 0 Å². The third kappa shape index (κ3) is 4.44. The maximum atomic E-state index is 12.5. The van der Waals surface area contributed by atoms with Gasteiger partial charge in [-0.1, -0.05) is 6.07 Å². The number of fused-ring (bicyclic) bond motifs is 1. The van der Waals surface area contributed by atoms with Gasteiger partial charge >= 0.3 is 6.03 Å². The fourth-order valence-electron chi connectivity index (χ4n) is 3.70. The molecule has 1 aromatic rings. The smallest absolute Gasteiger partial charge is 0.321 e.